The average Bonchev–Trinajstić information content (AvgIpc) is 3.80. The minimum atomic E-state index is 0.0606. The van der Waals surface area contributed by atoms with E-state index in [0.29, 0.717) is 17.9 Å². The van der Waals surface area contributed by atoms with Gasteiger partial charge in [0, 0.05) is 83.6 Å². The fourth-order valence-corrected chi connectivity index (χ4v) is 12.4. The third-order valence-corrected chi connectivity index (χ3v) is 15.0. The molecule has 5 aliphatic rings. The van der Waals surface area contributed by atoms with Crippen LogP contribution in [-0.2, 0) is 0 Å². The van der Waals surface area contributed by atoms with Gasteiger partial charge >= 0.3 is 0 Å². The van der Waals surface area contributed by atoms with Crippen molar-refractivity contribution in [2.45, 2.75) is 36.8 Å². The second kappa shape index (κ2) is 10.7. The van der Waals surface area contributed by atoms with E-state index in [4.69, 9.17) is 0 Å². The molecule has 2 fully saturated rings. The van der Waals surface area contributed by atoms with E-state index in [0.717, 1.165) is 12.8 Å². The van der Waals surface area contributed by atoms with E-state index in [-0.39, 0.29) is 5.54 Å². The molecule has 2 aliphatic heterocycles. The third kappa shape index (κ3) is 3.81. The molecule has 1 spiro atoms. The minimum Gasteiger partial charge on any atom is -0.361 e. The lowest BCUT2D eigenvalue weighted by atomic mass is 9.85. The predicted molar refractivity (Wildman–Crippen MR) is 246 cm³/mol. The summed E-state index contributed by atoms with van der Waals surface area (Å²) in [6.07, 6.45) is 22.4. The first-order valence-corrected chi connectivity index (χ1v) is 21.3. The van der Waals surface area contributed by atoms with Crippen LogP contribution in [0.5, 0.6) is 0 Å². The Hall–Kier alpha value is -7.04. The maximum absolute atomic E-state index is 3.81. The van der Waals surface area contributed by atoms with Crippen molar-refractivity contribution in [1.29, 1.82) is 0 Å². The van der Waals surface area contributed by atoms with Crippen LogP contribution < -0.4 is 4.90 Å². The molecule has 278 valence electrons. The van der Waals surface area contributed by atoms with Crippen molar-refractivity contribution in [2.24, 2.45) is 5.92 Å². The molecular formula is C55H38N4. The van der Waals surface area contributed by atoms with Gasteiger partial charge in [-0.3, -0.25) is 0 Å². The summed E-state index contributed by atoms with van der Waals surface area (Å²) in [4.78, 5) is 10.2. The summed E-state index contributed by atoms with van der Waals surface area (Å²) in [6, 6.07) is 43.9. The van der Waals surface area contributed by atoms with Gasteiger partial charge in [0.25, 0.3) is 0 Å². The van der Waals surface area contributed by atoms with Gasteiger partial charge < -0.3 is 19.3 Å². The lowest BCUT2D eigenvalue weighted by Crippen LogP contribution is -2.38. The summed E-state index contributed by atoms with van der Waals surface area (Å²) in [5.41, 5.74) is 18.8. The number of para-hydroxylation sites is 3. The van der Waals surface area contributed by atoms with Crippen molar-refractivity contribution >= 4 is 93.7 Å². The van der Waals surface area contributed by atoms with Crippen molar-refractivity contribution < 1.29 is 0 Å². The van der Waals surface area contributed by atoms with Crippen LogP contribution in [0.3, 0.4) is 0 Å². The molecule has 15 rings (SSSR count). The van der Waals surface area contributed by atoms with Gasteiger partial charge in [-0.25, -0.2) is 0 Å². The molecule has 2 N–H and O–H groups in total. The summed E-state index contributed by atoms with van der Waals surface area (Å²) in [7, 11) is 0. The minimum absolute atomic E-state index is 0.0606. The van der Waals surface area contributed by atoms with Crippen molar-refractivity contribution in [3.8, 4) is 0 Å². The largest absolute Gasteiger partial charge is 0.361 e. The molecule has 3 aliphatic carbocycles. The van der Waals surface area contributed by atoms with Crippen LogP contribution in [0.4, 0.5) is 5.69 Å². The van der Waals surface area contributed by atoms with Crippen molar-refractivity contribution in [1.82, 2.24) is 14.4 Å². The van der Waals surface area contributed by atoms with Crippen LogP contribution in [0.2, 0.25) is 0 Å². The first-order valence-electron chi connectivity index (χ1n) is 21.3. The Kier molecular flexibility index (Phi) is 5.63. The highest BCUT2D eigenvalue weighted by atomic mass is 15.3. The third-order valence-electron chi connectivity index (χ3n) is 15.0. The SMILES string of the molecule is C1=CCC2C(=C1)C1CC13/C(=C\c1c[nH]c4ccccc14)c1cc(C4C=C(c5ccc6c(c5)c5cc7c8ccccc8[nH]c7c7c8ccccc8n6c57)C=CC4)ccc1N23. The Morgan fingerprint density at radius 1 is 0.712 bits per heavy atom. The summed E-state index contributed by atoms with van der Waals surface area (Å²) in [5, 5.41) is 9.12. The van der Waals surface area contributed by atoms with Crippen molar-refractivity contribution in [2.75, 3.05) is 4.90 Å². The number of H-pyrrole nitrogens is 2. The Labute approximate surface area is 340 Å². The Morgan fingerprint density at radius 2 is 1.56 bits per heavy atom. The number of benzene rings is 6. The zero-order valence-electron chi connectivity index (χ0n) is 32.3. The molecule has 59 heavy (non-hydrogen) atoms. The Balaban J connectivity index is 0.878. The zero-order chi connectivity index (χ0) is 38.1. The number of piperidine rings is 1. The van der Waals surface area contributed by atoms with Crippen molar-refractivity contribution in [3.63, 3.8) is 0 Å². The summed E-state index contributed by atoms with van der Waals surface area (Å²) in [6.45, 7) is 0. The van der Waals surface area contributed by atoms with E-state index in [2.05, 4.69) is 183 Å². The highest BCUT2D eigenvalue weighted by Crippen LogP contribution is 2.72. The first-order chi connectivity index (χ1) is 29.2. The fourth-order valence-electron chi connectivity index (χ4n) is 12.4. The van der Waals surface area contributed by atoms with E-state index in [1.165, 1.54) is 116 Å². The molecule has 0 amide bonds. The Morgan fingerprint density at radius 3 is 2.51 bits per heavy atom. The lowest BCUT2D eigenvalue weighted by Gasteiger charge is -2.32. The summed E-state index contributed by atoms with van der Waals surface area (Å²) < 4.78 is 2.50. The number of rotatable bonds is 3. The van der Waals surface area contributed by atoms with Gasteiger partial charge in [-0.2, -0.15) is 0 Å². The van der Waals surface area contributed by atoms with Crippen molar-refractivity contribution in [3.05, 3.63) is 186 Å². The molecule has 4 heteroatoms. The van der Waals surface area contributed by atoms with Crippen LogP contribution >= 0.6 is 0 Å². The number of nitrogens with one attached hydrogen (secondary N) is 2. The molecular weight excluding hydrogens is 717 g/mol. The molecule has 4 nitrogen and oxygen atoms in total. The van der Waals surface area contributed by atoms with E-state index in [1.807, 2.05) is 0 Å². The predicted octanol–water partition coefficient (Wildman–Crippen LogP) is 13.5. The second-order valence-electron chi connectivity index (χ2n) is 17.7. The quantitative estimate of drug-likeness (QED) is 0.185. The van der Waals surface area contributed by atoms with E-state index in [9.17, 15) is 0 Å². The maximum atomic E-state index is 3.81. The smallest absolute Gasteiger partial charge is 0.0740 e. The number of aromatic amines is 2. The van der Waals surface area contributed by atoms with Gasteiger partial charge in [0.1, 0.15) is 0 Å². The topological polar surface area (TPSA) is 39.2 Å². The van der Waals surface area contributed by atoms with Gasteiger partial charge in [0.15, 0.2) is 0 Å². The molecule has 0 radical (unpaired) electrons. The molecule has 4 aromatic heterocycles. The van der Waals surface area contributed by atoms with Crippen LogP contribution in [0.25, 0.3) is 88.0 Å². The van der Waals surface area contributed by atoms with Crippen LogP contribution in [0.15, 0.2) is 163 Å². The number of aromatic nitrogens is 3. The van der Waals surface area contributed by atoms with Crippen LogP contribution in [-0.4, -0.2) is 25.9 Å². The molecule has 10 aromatic rings. The molecule has 1 saturated carbocycles. The molecule has 4 atom stereocenters. The number of anilines is 1. The number of fused-ring (bicyclic) bond motifs is 16. The number of hydrogen-bond acceptors (Lipinski definition) is 1. The van der Waals surface area contributed by atoms with Crippen LogP contribution in [0, 0.1) is 5.92 Å². The first kappa shape index (κ1) is 31.0. The maximum Gasteiger partial charge on any atom is 0.0740 e. The van der Waals surface area contributed by atoms with Gasteiger partial charge in [0.2, 0.25) is 0 Å². The van der Waals surface area contributed by atoms with E-state index in [1.54, 1.807) is 5.57 Å². The summed E-state index contributed by atoms with van der Waals surface area (Å²) >= 11 is 0. The normalized spacial score (nSPS) is 23.7. The van der Waals surface area contributed by atoms with E-state index < -0.39 is 0 Å². The van der Waals surface area contributed by atoms with E-state index >= 15 is 0 Å². The zero-order valence-corrected chi connectivity index (χ0v) is 32.3. The van der Waals surface area contributed by atoms with Gasteiger partial charge in [-0.05, 0) is 102 Å². The molecule has 1 saturated heterocycles. The highest BCUT2D eigenvalue weighted by molar-refractivity contribution is 6.33. The molecule has 6 aromatic carbocycles. The highest BCUT2D eigenvalue weighted by Gasteiger charge is 2.72. The molecule has 6 heterocycles. The van der Waals surface area contributed by atoms with Crippen LogP contribution in [0.1, 0.15) is 47.4 Å². The number of allylic oxidation sites excluding steroid dienone is 6. The number of nitrogens with zero attached hydrogens (tertiary/aromatic N) is 2. The summed E-state index contributed by atoms with van der Waals surface area (Å²) in [5.74, 6) is 0.887. The standard InChI is InChI=1S/C55H38N4/c1-5-16-46-36(12-1)35(30-56-46)27-44-43-26-34(21-23-51(43)59-50-19-8-3-14-38(50)45-29-55(44,45)59)32-11-9-10-31(24-32)33-20-22-49-40(25-33)42-28-41-37-13-2-6-17-47(37)57-53(41)52-39-15-4-7-18-48(39)58(49)54(42)52/h1-10,12-18,20-28,30,32,45,50,56-57H,11,19,29H2/b44-27-. The molecule has 4 unspecified atom stereocenters. The van der Waals surface area contributed by atoms with Gasteiger partial charge in [0.05, 0.1) is 33.6 Å². The monoisotopic (exact) mass is 754 g/mol. The Bertz CT molecular complexity index is 3690. The molecule has 0 bridgehead atoms. The second-order valence-corrected chi connectivity index (χ2v) is 17.7. The van der Waals surface area contributed by atoms with Gasteiger partial charge in [-0.15, -0.1) is 0 Å². The lowest BCUT2D eigenvalue weighted by molar-refractivity contribution is 0.669. The van der Waals surface area contributed by atoms with Gasteiger partial charge in [-0.1, -0.05) is 103 Å². The fraction of sp³-hybridized carbons (Fsp3) is 0.127. The number of hydrogen-bond donors (Lipinski definition) is 2. The average molecular weight is 755 g/mol.